The minimum Gasteiger partial charge on any atom is -0.465 e. The Labute approximate surface area is 85.9 Å². The van der Waals surface area contributed by atoms with Crippen LogP contribution in [-0.2, 0) is 13.0 Å². The SMILES string of the molecule is CCc1ccc(CN(C)CCCN)o1. The van der Waals surface area contributed by atoms with Crippen LogP contribution in [0.3, 0.4) is 0 Å². The average molecular weight is 196 g/mol. The molecule has 0 fully saturated rings. The summed E-state index contributed by atoms with van der Waals surface area (Å²) in [6, 6.07) is 4.10. The molecule has 0 aliphatic rings. The molecule has 0 radical (unpaired) electrons. The van der Waals surface area contributed by atoms with Crippen molar-refractivity contribution in [2.45, 2.75) is 26.3 Å². The first-order valence-corrected chi connectivity index (χ1v) is 5.22. The molecule has 1 rings (SSSR count). The molecule has 0 unspecified atom stereocenters. The van der Waals surface area contributed by atoms with Crippen LogP contribution in [0.5, 0.6) is 0 Å². The van der Waals surface area contributed by atoms with Crippen molar-refractivity contribution in [2.75, 3.05) is 20.1 Å². The summed E-state index contributed by atoms with van der Waals surface area (Å²) >= 11 is 0. The van der Waals surface area contributed by atoms with Crippen LogP contribution < -0.4 is 5.73 Å². The third-order valence-corrected chi connectivity index (χ3v) is 2.24. The van der Waals surface area contributed by atoms with Crippen molar-refractivity contribution in [2.24, 2.45) is 5.73 Å². The highest BCUT2D eigenvalue weighted by molar-refractivity contribution is 5.06. The zero-order valence-corrected chi connectivity index (χ0v) is 9.12. The maximum atomic E-state index is 5.61. The van der Waals surface area contributed by atoms with E-state index in [1.54, 1.807) is 0 Å². The van der Waals surface area contributed by atoms with Crippen LogP contribution in [0.1, 0.15) is 24.9 Å². The fraction of sp³-hybridized carbons (Fsp3) is 0.636. The Morgan fingerprint density at radius 2 is 2.07 bits per heavy atom. The second kappa shape index (κ2) is 5.83. The van der Waals surface area contributed by atoms with Gasteiger partial charge in [-0.1, -0.05) is 6.92 Å². The van der Waals surface area contributed by atoms with Crippen LogP contribution in [0.2, 0.25) is 0 Å². The van der Waals surface area contributed by atoms with Gasteiger partial charge in [-0.05, 0) is 38.7 Å². The highest BCUT2D eigenvalue weighted by Gasteiger charge is 2.03. The first kappa shape index (κ1) is 11.3. The van der Waals surface area contributed by atoms with Crippen molar-refractivity contribution < 1.29 is 4.42 Å². The van der Waals surface area contributed by atoms with Gasteiger partial charge in [-0.3, -0.25) is 4.90 Å². The van der Waals surface area contributed by atoms with Gasteiger partial charge in [0.2, 0.25) is 0 Å². The summed E-state index contributed by atoms with van der Waals surface area (Å²) in [6.45, 7) is 4.75. The summed E-state index contributed by atoms with van der Waals surface area (Å²) in [4.78, 5) is 2.23. The quantitative estimate of drug-likeness (QED) is 0.752. The lowest BCUT2D eigenvalue weighted by Crippen LogP contribution is -2.21. The molecule has 0 aromatic carbocycles. The van der Waals surface area contributed by atoms with Crippen LogP contribution >= 0.6 is 0 Å². The molecule has 0 aliphatic heterocycles. The fourth-order valence-electron chi connectivity index (χ4n) is 1.40. The van der Waals surface area contributed by atoms with Gasteiger partial charge in [-0.25, -0.2) is 0 Å². The molecule has 2 N–H and O–H groups in total. The molecular weight excluding hydrogens is 176 g/mol. The highest BCUT2D eigenvalue weighted by atomic mass is 16.3. The van der Waals surface area contributed by atoms with E-state index in [0.717, 1.165) is 44.0 Å². The molecule has 0 saturated heterocycles. The summed E-state index contributed by atoms with van der Waals surface area (Å²) in [5.41, 5.74) is 5.45. The number of furan rings is 1. The molecule has 1 aromatic heterocycles. The number of aryl methyl sites for hydroxylation is 1. The number of nitrogens with zero attached hydrogens (tertiary/aromatic N) is 1. The van der Waals surface area contributed by atoms with Crippen molar-refractivity contribution >= 4 is 0 Å². The highest BCUT2D eigenvalue weighted by Crippen LogP contribution is 2.10. The molecule has 1 heterocycles. The molecule has 0 saturated carbocycles. The largest absolute Gasteiger partial charge is 0.465 e. The zero-order chi connectivity index (χ0) is 10.4. The van der Waals surface area contributed by atoms with Gasteiger partial charge in [0.05, 0.1) is 6.54 Å². The first-order valence-electron chi connectivity index (χ1n) is 5.22. The number of nitrogens with two attached hydrogens (primary N) is 1. The second-order valence-electron chi connectivity index (χ2n) is 3.60. The van der Waals surface area contributed by atoms with Crippen LogP contribution in [0.25, 0.3) is 0 Å². The van der Waals surface area contributed by atoms with E-state index in [-0.39, 0.29) is 0 Å². The van der Waals surface area contributed by atoms with Gasteiger partial charge in [0.1, 0.15) is 11.5 Å². The summed E-state index contributed by atoms with van der Waals surface area (Å²) < 4.78 is 5.61. The van der Waals surface area contributed by atoms with Gasteiger partial charge >= 0.3 is 0 Å². The normalized spacial score (nSPS) is 11.1. The van der Waals surface area contributed by atoms with E-state index < -0.39 is 0 Å². The Morgan fingerprint density at radius 1 is 1.36 bits per heavy atom. The summed E-state index contributed by atoms with van der Waals surface area (Å²) in [5, 5.41) is 0. The van der Waals surface area contributed by atoms with Crippen molar-refractivity contribution in [1.29, 1.82) is 0 Å². The molecule has 0 amide bonds. The van der Waals surface area contributed by atoms with Crippen LogP contribution in [0.15, 0.2) is 16.5 Å². The molecule has 80 valence electrons. The van der Waals surface area contributed by atoms with Crippen LogP contribution in [0, 0.1) is 0 Å². The molecule has 0 aliphatic carbocycles. The van der Waals surface area contributed by atoms with Crippen molar-refractivity contribution in [3.8, 4) is 0 Å². The van der Waals surface area contributed by atoms with E-state index in [2.05, 4.69) is 24.9 Å². The predicted molar refractivity (Wildman–Crippen MR) is 58.1 cm³/mol. The van der Waals surface area contributed by atoms with E-state index in [0.29, 0.717) is 0 Å². The molecular formula is C11H20N2O. The average Bonchev–Trinajstić information content (AvgIpc) is 2.62. The lowest BCUT2D eigenvalue weighted by Gasteiger charge is -2.13. The molecule has 14 heavy (non-hydrogen) atoms. The van der Waals surface area contributed by atoms with Gasteiger partial charge in [-0.2, -0.15) is 0 Å². The van der Waals surface area contributed by atoms with Gasteiger partial charge in [0.25, 0.3) is 0 Å². The lowest BCUT2D eigenvalue weighted by molar-refractivity contribution is 0.289. The molecule has 1 aromatic rings. The van der Waals surface area contributed by atoms with Crippen molar-refractivity contribution in [3.63, 3.8) is 0 Å². The molecule has 0 bridgehead atoms. The Morgan fingerprint density at radius 3 is 2.64 bits per heavy atom. The van der Waals surface area contributed by atoms with Gasteiger partial charge < -0.3 is 10.2 Å². The molecule has 0 atom stereocenters. The van der Waals surface area contributed by atoms with E-state index in [9.17, 15) is 0 Å². The lowest BCUT2D eigenvalue weighted by atomic mass is 10.3. The van der Waals surface area contributed by atoms with Gasteiger partial charge in [0.15, 0.2) is 0 Å². The zero-order valence-electron chi connectivity index (χ0n) is 9.12. The molecule has 3 heteroatoms. The Bertz CT molecular complexity index is 258. The van der Waals surface area contributed by atoms with E-state index >= 15 is 0 Å². The topological polar surface area (TPSA) is 42.4 Å². The maximum Gasteiger partial charge on any atom is 0.118 e. The first-order chi connectivity index (χ1) is 6.76. The summed E-state index contributed by atoms with van der Waals surface area (Å²) in [5.74, 6) is 2.11. The minimum absolute atomic E-state index is 0.753. The monoisotopic (exact) mass is 196 g/mol. The van der Waals surface area contributed by atoms with E-state index in [1.165, 1.54) is 0 Å². The Balaban J connectivity index is 2.35. The van der Waals surface area contributed by atoms with Crippen molar-refractivity contribution in [1.82, 2.24) is 4.90 Å². The third kappa shape index (κ3) is 3.52. The number of rotatable bonds is 6. The smallest absolute Gasteiger partial charge is 0.118 e. The minimum atomic E-state index is 0.753. The standard InChI is InChI=1S/C11H20N2O/c1-3-10-5-6-11(14-10)9-13(2)8-4-7-12/h5-6H,3-4,7-9,12H2,1-2H3. The summed E-state index contributed by atoms with van der Waals surface area (Å²) in [6.07, 6.45) is 2.00. The van der Waals surface area contributed by atoms with E-state index in [4.69, 9.17) is 10.2 Å². The second-order valence-corrected chi connectivity index (χ2v) is 3.60. The van der Waals surface area contributed by atoms with Crippen molar-refractivity contribution in [3.05, 3.63) is 23.7 Å². The van der Waals surface area contributed by atoms with Gasteiger partial charge in [-0.15, -0.1) is 0 Å². The fourth-order valence-corrected chi connectivity index (χ4v) is 1.40. The Hall–Kier alpha value is -0.800. The van der Waals surface area contributed by atoms with Crippen LogP contribution in [0.4, 0.5) is 0 Å². The van der Waals surface area contributed by atoms with E-state index in [1.807, 2.05) is 6.07 Å². The van der Waals surface area contributed by atoms with Gasteiger partial charge in [0, 0.05) is 6.42 Å². The molecule has 3 nitrogen and oxygen atoms in total. The maximum absolute atomic E-state index is 5.61. The summed E-state index contributed by atoms with van der Waals surface area (Å²) in [7, 11) is 2.09. The predicted octanol–water partition coefficient (Wildman–Crippen LogP) is 1.62. The molecule has 0 spiro atoms. The Kier molecular flexibility index (Phi) is 4.70. The number of hydrogen-bond acceptors (Lipinski definition) is 3. The number of hydrogen-bond donors (Lipinski definition) is 1. The van der Waals surface area contributed by atoms with Crippen LogP contribution in [-0.4, -0.2) is 25.0 Å². The third-order valence-electron chi connectivity index (χ3n) is 2.24.